The molecule has 3 aromatic carbocycles. The van der Waals surface area contributed by atoms with Crippen molar-refractivity contribution in [3.05, 3.63) is 78.4 Å². The molecule has 0 bridgehead atoms. The predicted octanol–water partition coefficient (Wildman–Crippen LogP) is 4.26. The summed E-state index contributed by atoms with van der Waals surface area (Å²) in [6, 6.07) is 22.4. The number of ether oxygens (including phenoxy) is 3. The quantitative estimate of drug-likeness (QED) is 0.459. The van der Waals surface area contributed by atoms with Crippen LogP contribution in [0.3, 0.4) is 0 Å². The van der Waals surface area contributed by atoms with Crippen molar-refractivity contribution in [2.75, 3.05) is 14.2 Å². The third-order valence-electron chi connectivity index (χ3n) is 3.75. The van der Waals surface area contributed by atoms with Crippen LogP contribution in [-0.2, 0) is 0 Å². The number of benzene rings is 3. The zero-order valence-corrected chi connectivity index (χ0v) is 16.6. The molecule has 1 atom stereocenters. The minimum atomic E-state index is -0.0357. The van der Waals surface area contributed by atoms with Gasteiger partial charge in [-0.15, -0.1) is 0 Å². The molecule has 133 valence electrons. The van der Waals surface area contributed by atoms with Crippen molar-refractivity contribution in [3.8, 4) is 23.0 Å². The van der Waals surface area contributed by atoms with Crippen LogP contribution < -0.4 is 19.5 Å². The van der Waals surface area contributed by atoms with E-state index in [0.717, 1.165) is 16.8 Å². The van der Waals surface area contributed by atoms with Crippen LogP contribution in [0.5, 0.6) is 23.0 Å². The Morgan fingerprint density at radius 3 is 1.85 bits per heavy atom. The van der Waals surface area contributed by atoms with E-state index in [-0.39, 0.29) is 33.0 Å². The van der Waals surface area contributed by atoms with E-state index in [1.54, 1.807) is 32.4 Å². The Kier molecular flexibility index (Phi) is 7.94. The van der Waals surface area contributed by atoms with Gasteiger partial charge in [0.1, 0.15) is 28.6 Å². The van der Waals surface area contributed by atoms with Gasteiger partial charge in [0, 0.05) is 18.9 Å². The monoisotopic (exact) mass is 373 g/mol. The summed E-state index contributed by atoms with van der Waals surface area (Å²) >= 11 is 0. The molecule has 0 saturated carbocycles. The van der Waals surface area contributed by atoms with Crippen LogP contribution in [0.2, 0.25) is 0 Å². The van der Waals surface area contributed by atoms with Gasteiger partial charge in [-0.25, -0.2) is 0 Å². The Morgan fingerprint density at radius 1 is 0.741 bits per heavy atom. The molecule has 1 radical (unpaired) electrons. The SMILES string of the molecule is COc1cccc(OC)c1C(=O)Pc1ccc(Oc2ccccc2)cc1.[Li]. The second-order valence-corrected chi connectivity index (χ2v) is 6.71. The zero-order valence-electron chi connectivity index (χ0n) is 15.6. The van der Waals surface area contributed by atoms with Crippen molar-refractivity contribution in [2.24, 2.45) is 0 Å². The normalized spacial score (nSPS) is 10.3. The third kappa shape index (κ3) is 5.37. The molecular weight excluding hydrogens is 354 g/mol. The summed E-state index contributed by atoms with van der Waals surface area (Å²) in [6.45, 7) is 0. The maximum Gasteiger partial charge on any atom is 0.193 e. The minimum Gasteiger partial charge on any atom is -0.496 e. The van der Waals surface area contributed by atoms with Gasteiger partial charge in [-0.1, -0.05) is 36.4 Å². The van der Waals surface area contributed by atoms with Gasteiger partial charge in [0.15, 0.2) is 5.52 Å². The first kappa shape index (κ1) is 21.1. The van der Waals surface area contributed by atoms with Crippen LogP contribution in [0.4, 0.5) is 0 Å². The fraction of sp³-hybridized carbons (Fsp3) is 0.0952. The van der Waals surface area contributed by atoms with E-state index in [1.807, 2.05) is 54.6 Å². The minimum absolute atomic E-state index is 0. The van der Waals surface area contributed by atoms with E-state index in [2.05, 4.69) is 0 Å². The summed E-state index contributed by atoms with van der Waals surface area (Å²) in [5, 5.41) is 0.920. The van der Waals surface area contributed by atoms with Gasteiger partial charge >= 0.3 is 0 Å². The second kappa shape index (κ2) is 10.2. The van der Waals surface area contributed by atoms with Gasteiger partial charge in [0.05, 0.1) is 14.2 Å². The number of methoxy groups -OCH3 is 2. The fourth-order valence-corrected chi connectivity index (χ4v) is 3.47. The molecule has 1 unspecified atom stereocenters. The summed E-state index contributed by atoms with van der Waals surface area (Å²) in [6.07, 6.45) is 0. The number of hydrogen-bond donors (Lipinski definition) is 0. The first-order chi connectivity index (χ1) is 12.7. The summed E-state index contributed by atoms with van der Waals surface area (Å²) in [4.78, 5) is 12.8. The van der Waals surface area contributed by atoms with E-state index in [0.29, 0.717) is 17.1 Å². The van der Waals surface area contributed by atoms with Crippen LogP contribution in [0.25, 0.3) is 0 Å². The van der Waals surface area contributed by atoms with Crippen LogP contribution in [0, 0.1) is 0 Å². The standard InChI is InChI=1S/C21H19O4P.Li/c1-23-18-9-6-10-19(24-2)20(18)21(22)26-17-13-11-16(12-14-17)25-15-7-4-3-5-8-15;/h3-14,26H,1-2H3;. The maximum absolute atomic E-state index is 12.8. The van der Waals surface area contributed by atoms with Gasteiger partial charge in [-0.05, 0) is 50.3 Å². The van der Waals surface area contributed by atoms with Crippen LogP contribution in [-0.4, -0.2) is 38.6 Å². The maximum atomic E-state index is 12.8. The summed E-state index contributed by atoms with van der Waals surface area (Å²) < 4.78 is 16.4. The third-order valence-corrected chi connectivity index (χ3v) is 4.85. The molecule has 4 nitrogen and oxygen atoms in total. The average Bonchev–Trinajstić information content (AvgIpc) is 2.69. The largest absolute Gasteiger partial charge is 0.496 e. The predicted molar refractivity (Wildman–Crippen MR) is 111 cm³/mol. The number of carbonyl (C=O) groups excluding carboxylic acids is 1. The van der Waals surface area contributed by atoms with Crippen LogP contribution in [0.1, 0.15) is 10.4 Å². The molecule has 0 heterocycles. The van der Waals surface area contributed by atoms with Gasteiger partial charge in [-0.3, -0.25) is 4.79 Å². The van der Waals surface area contributed by atoms with Crippen LogP contribution in [0.15, 0.2) is 72.8 Å². The summed E-state index contributed by atoms with van der Waals surface area (Å²) in [5.74, 6) is 2.54. The van der Waals surface area contributed by atoms with E-state index in [9.17, 15) is 4.79 Å². The molecule has 27 heavy (non-hydrogen) atoms. The molecule has 3 rings (SSSR count). The Hall–Kier alpha value is -2.24. The molecule has 0 fully saturated rings. The van der Waals surface area contributed by atoms with E-state index in [4.69, 9.17) is 14.2 Å². The Balaban J connectivity index is 0.00000261. The van der Waals surface area contributed by atoms with Crippen molar-refractivity contribution in [2.45, 2.75) is 0 Å². The molecule has 6 heteroatoms. The van der Waals surface area contributed by atoms with E-state index < -0.39 is 0 Å². The van der Waals surface area contributed by atoms with Gasteiger partial charge in [0.25, 0.3) is 0 Å². The van der Waals surface area contributed by atoms with Crippen LogP contribution >= 0.6 is 8.58 Å². The molecule has 0 saturated heterocycles. The zero-order chi connectivity index (χ0) is 18.4. The van der Waals surface area contributed by atoms with Gasteiger partial charge in [0.2, 0.25) is 0 Å². The first-order valence-corrected chi connectivity index (χ1v) is 9.06. The number of para-hydroxylation sites is 1. The average molecular weight is 373 g/mol. The van der Waals surface area contributed by atoms with E-state index in [1.165, 1.54) is 0 Å². The fourth-order valence-electron chi connectivity index (χ4n) is 2.50. The van der Waals surface area contributed by atoms with Crippen molar-refractivity contribution in [1.29, 1.82) is 0 Å². The smallest absolute Gasteiger partial charge is 0.193 e. The van der Waals surface area contributed by atoms with E-state index >= 15 is 0 Å². The van der Waals surface area contributed by atoms with Crippen molar-refractivity contribution in [3.63, 3.8) is 0 Å². The molecule has 0 aromatic heterocycles. The number of rotatable bonds is 7. The second-order valence-electron chi connectivity index (χ2n) is 5.43. The molecule has 0 spiro atoms. The van der Waals surface area contributed by atoms with Crippen molar-refractivity contribution < 1.29 is 19.0 Å². The molecule has 0 N–H and O–H groups in total. The van der Waals surface area contributed by atoms with Crippen molar-refractivity contribution >= 4 is 38.3 Å². The van der Waals surface area contributed by atoms with Gasteiger partial charge < -0.3 is 14.2 Å². The molecule has 0 aliphatic rings. The van der Waals surface area contributed by atoms with Gasteiger partial charge in [-0.2, -0.15) is 0 Å². The Labute approximate surface area is 172 Å². The number of carbonyl (C=O) groups is 1. The molecule has 0 amide bonds. The summed E-state index contributed by atoms with van der Waals surface area (Å²) in [7, 11) is 3.06. The molecule has 3 aromatic rings. The Bertz CT molecular complexity index is 860. The molecular formula is C21H19LiO4P. The molecule has 0 aliphatic heterocycles. The molecule has 0 aliphatic carbocycles. The topological polar surface area (TPSA) is 44.8 Å². The number of hydrogen-bond acceptors (Lipinski definition) is 4. The van der Waals surface area contributed by atoms with Crippen molar-refractivity contribution in [1.82, 2.24) is 0 Å². The Morgan fingerprint density at radius 2 is 1.30 bits per heavy atom. The summed E-state index contributed by atoms with van der Waals surface area (Å²) in [5.41, 5.74) is 0.441. The first-order valence-electron chi connectivity index (χ1n) is 8.06.